The number of hydrogen-bond donors (Lipinski definition) is 3. The predicted octanol–water partition coefficient (Wildman–Crippen LogP) is -0.0127. The molecule has 1 unspecified atom stereocenters. The Balaban J connectivity index is 2.04. The molecule has 8 heteroatoms. The van der Waals surface area contributed by atoms with Crippen molar-refractivity contribution in [2.24, 2.45) is 11.8 Å². The molecule has 1 aromatic rings. The van der Waals surface area contributed by atoms with Crippen LogP contribution >= 0.6 is 0 Å². The first-order valence-electron chi connectivity index (χ1n) is 6.63. The van der Waals surface area contributed by atoms with Crippen molar-refractivity contribution >= 4 is 15.7 Å². The molecule has 1 atom stereocenters. The Morgan fingerprint density at radius 1 is 1.55 bits per heavy atom. The molecule has 0 saturated carbocycles. The Morgan fingerprint density at radius 3 is 3.05 bits per heavy atom. The van der Waals surface area contributed by atoms with Crippen LogP contribution in [-0.2, 0) is 10.0 Å². The summed E-state index contributed by atoms with van der Waals surface area (Å²) in [6.07, 6.45) is 3.57. The number of sulfonamides is 1. The van der Waals surface area contributed by atoms with E-state index in [2.05, 4.69) is 27.1 Å². The van der Waals surface area contributed by atoms with E-state index in [1.807, 2.05) is 0 Å². The van der Waals surface area contributed by atoms with Gasteiger partial charge in [-0.25, -0.2) is 18.1 Å². The van der Waals surface area contributed by atoms with Crippen LogP contribution in [0.25, 0.3) is 0 Å². The number of anilines is 1. The summed E-state index contributed by atoms with van der Waals surface area (Å²) in [5, 5.41) is -0.0633. The van der Waals surface area contributed by atoms with Gasteiger partial charge in [-0.3, -0.25) is 5.84 Å². The van der Waals surface area contributed by atoms with Crippen molar-refractivity contribution in [3.8, 4) is 0 Å². The standard InChI is InChI=1S/C12H21N5O2S/c1-17-7-3-4-10(9-17)8-15-20(18,19)12-11(16-13)5-2-6-14-12/h2,5-6,10,15-16H,3-4,7-9,13H2,1H3. The molecule has 20 heavy (non-hydrogen) atoms. The van der Waals surface area contributed by atoms with Gasteiger partial charge in [0, 0.05) is 19.3 Å². The second-order valence-corrected chi connectivity index (χ2v) is 6.81. The monoisotopic (exact) mass is 299 g/mol. The first-order valence-corrected chi connectivity index (χ1v) is 8.11. The zero-order valence-corrected chi connectivity index (χ0v) is 12.4. The van der Waals surface area contributed by atoms with E-state index in [0.29, 0.717) is 18.2 Å². The molecular weight excluding hydrogens is 278 g/mol. The quantitative estimate of drug-likeness (QED) is 0.522. The average Bonchev–Trinajstić information content (AvgIpc) is 2.45. The van der Waals surface area contributed by atoms with Gasteiger partial charge in [0.2, 0.25) is 0 Å². The van der Waals surface area contributed by atoms with E-state index in [9.17, 15) is 8.42 Å². The van der Waals surface area contributed by atoms with Crippen LogP contribution in [0.15, 0.2) is 23.4 Å². The Labute approximate surface area is 119 Å². The summed E-state index contributed by atoms with van der Waals surface area (Å²) in [6.45, 7) is 2.41. The highest BCUT2D eigenvalue weighted by Gasteiger charge is 2.23. The van der Waals surface area contributed by atoms with Crippen LogP contribution in [0.4, 0.5) is 5.69 Å². The van der Waals surface area contributed by atoms with Crippen molar-refractivity contribution in [3.05, 3.63) is 18.3 Å². The van der Waals surface area contributed by atoms with Crippen LogP contribution in [0.1, 0.15) is 12.8 Å². The lowest BCUT2D eigenvalue weighted by Gasteiger charge is -2.29. The number of piperidine rings is 1. The van der Waals surface area contributed by atoms with Crippen LogP contribution in [0, 0.1) is 5.92 Å². The van der Waals surface area contributed by atoms with Crippen LogP contribution in [0.3, 0.4) is 0 Å². The predicted molar refractivity (Wildman–Crippen MR) is 77.5 cm³/mol. The van der Waals surface area contributed by atoms with E-state index >= 15 is 0 Å². The first-order chi connectivity index (χ1) is 9.53. The van der Waals surface area contributed by atoms with Gasteiger partial charge in [0.1, 0.15) is 0 Å². The van der Waals surface area contributed by atoms with Crippen molar-refractivity contribution in [3.63, 3.8) is 0 Å². The van der Waals surface area contributed by atoms with Crippen LogP contribution in [0.5, 0.6) is 0 Å². The molecule has 0 radical (unpaired) electrons. The number of nitrogen functional groups attached to an aromatic ring is 1. The number of nitrogens with two attached hydrogens (primary N) is 1. The highest BCUT2D eigenvalue weighted by atomic mass is 32.2. The zero-order valence-electron chi connectivity index (χ0n) is 11.5. The maximum Gasteiger partial charge on any atom is 0.260 e. The van der Waals surface area contributed by atoms with E-state index in [-0.39, 0.29) is 5.03 Å². The van der Waals surface area contributed by atoms with Crippen LogP contribution < -0.4 is 16.0 Å². The van der Waals surface area contributed by atoms with E-state index in [4.69, 9.17) is 5.84 Å². The lowest BCUT2D eigenvalue weighted by Crippen LogP contribution is -2.39. The third-order valence-electron chi connectivity index (χ3n) is 3.47. The average molecular weight is 299 g/mol. The van der Waals surface area contributed by atoms with Crippen molar-refractivity contribution in [2.45, 2.75) is 17.9 Å². The molecule has 1 saturated heterocycles. The SMILES string of the molecule is CN1CCCC(CNS(=O)(=O)c2ncccc2NN)C1. The zero-order chi connectivity index (χ0) is 14.6. The van der Waals surface area contributed by atoms with Gasteiger partial charge >= 0.3 is 0 Å². The lowest BCUT2D eigenvalue weighted by atomic mass is 9.99. The number of nitrogens with zero attached hydrogens (tertiary/aromatic N) is 2. The second-order valence-electron chi connectivity index (χ2n) is 5.12. The number of hydrazine groups is 1. The smallest absolute Gasteiger partial charge is 0.260 e. The Hall–Kier alpha value is -1.22. The molecule has 1 aliphatic rings. The highest BCUT2D eigenvalue weighted by molar-refractivity contribution is 7.89. The summed E-state index contributed by atoms with van der Waals surface area (Å²) in [7, 11) is -1.59. The Kier molecular flexibility index (Phi) is 4.92. The van der Waals surface area contributed by atoms with Gasteiger partial charge < -0.3 is 10.3 Å². The van der Waals surface area contributed by atoms with E-state index in [0.717, 1.165) is 25.9 Å². The van der Waals surface area contributed by atoms with Gasteiger partial charge in [-0.15, -0.1) is 0 Å². The highest BCUT2D eigenvalue weighted by Crippen LogP contribution is 2.18. The number of pyridine rings is 1. The number of aromatic nitrogens is 1. The summed E-state index contributed by atoms with van der Waals surface area (Å²) < 4.78 is 27.1. The first kappa shape index (κ1) is 15.2. The molecule has 1 aliphatic heterocycles. The Bertz CT molecular complexity index is 549. The van der Waals surface area contributed by atoms with Gasteiger partial charge in [-0.2, -0.15) is 0 Å². The molecule has 0 spiro atoms. The van der Waals surface area contributed by atoms with Crippen molar-refractivity contribution < 1.29 is 8.42 Å². The van der Waals surface area contributed by atoms with Gasteiger partial charge in [0.05, 0.1) is 5.69 Å². The second kappa shape index (κ2) is 6.49. The van der Waals surface area contributed by atoms with E-state index < -0.39 is 10.0 Å². The lowest BCUT2D eigenvalue weighted by molar-refractivity contribution is 0.211. The van der Waals surface area contributed by atoms with Gasteiger partial charge in [-0.05, 0) is 44.5 Å². The molecule has 2 rings (SSSR count). The van der Waals surface area contributed by atoms with Gasteiger partial charge in [-0.1, -0.05) is 0 Å². The minimum absolute atomic E-state index is 0.0633. The third-order valence-corrected chi connectivity index (χ3v) is 4.85. The van der Waals surface area contributed by atoms with Crippen molar-refractivity contribution in [1.82, 2.24) is 14.6 Å². The molecule has 0 aliphatic carbocycles. The molecule has 4 N–H and O–H groups in total. The Morgan fingerprint density at radius 2 is 2.35 bits per heavy atom. The van der Waals surface area contributed by atoms with Crippen LogP contribution in [-0.4, -0.2) is 45.0 Å². The molecule has 2 heterocycles. The minimum Gasteiger partial charge on any atom is -0.321 e. The van der Waals surface area contributed by atoms with Crippen LogP contribution in [0.2, 0.25) is 0 Å². The van der Waals surface area contributed by atoms with E-state index in [1.54, 1.807) is 12.1 Å². The molecule has 7 nitrogen and oxygen atoms in total. The van der Waals surface area contributed by atoms with Gasteiger partial charge in [0.25, 0.3) is 10.0 Å². The number of nitrogens with one attached hydrogen (secondary N) is 2. The molecule has 0 amide bonds. The molecule has 1 fully saturated rings. The molecule has 0 aromatic carbocycles. The van der Waals surface area contributed by atoms with Crippen molar-refractivity contribution in [2.75, 3.05) is 32.1 Å². The number of rotatable bonds is 5. The molecule has 1 aromatic heterocycles. The number of likely N-dealkylation sites (tertiary alicyclic amines) is 1. The summed E-state index contributed by atoms with van der Waals surface area (Å²) in [6, 6.07) is 3.21. The fourth-order valence-corrected chi connectivity index (χ4v) is 3.66. The minimum atomic E-state index is -3.64. The fraction of sp³-hybridized carbons (Fsp3) is 0.583. The molecule has 112 valence electrons. The maximum atomic E-state index is 12.3. The summed E-state index contributed by atoms with van der Waals surface area (Å²) >= 11 is 0. The third kappa shape index (κ3) is 3.66. The fourth-order valence-electron chi connectivity index (χ4n) is 2.45. The summed E-state index contributed by atoms with van der Waals surface area (Å²) in [4.78, 5) is 6.11. The molecular formula is C12H21N5O2S. The largest absolute Gasteiger partial charge is 0.321 e. The molecule has 0 bridgehead atoms. The summed E-state index contributed by atoms with van der Waals surface area (Å²) in [5.41, 5.74) is 2.65. The van der Waals surface area contributed by atoms with Gasteiger partial charge in [0.15, 0.2) is 5.03 Å². The summed E-state index contributed by atoms with van der Waals surface area (Å²) in [5.74, 6) is 5.65. The normalized spacial score (nSPS) is 20.8. The number of hydrogen-bond acceptors (Lipinski definition) is 6. The van der Waals surface area contributed by atoms with E-state index in [1.165, 1.54) is 6.20 Å². The topological polar surface area (TPSA) is 100 Å². The maximum absolute atomic E-state index is 12.3. The van der Waals surface area contributed by atoms with Crippen molar-refractivity contribution in [1.29, 1.82) is 0 Å².